The van der Waals surface area contributed by atoms with Gasteiger partial charge in [0.15, 0.2) is 0 Å². The van der Waals surface area contributed by atoms with Crippen LogP contribution in [0.15, 0.2) is 22.7 Å². The SMILES string of the molecule is O=C1NC(=O)C(c2ccc(F)cc2Br)C1Cl. The van der Waals surface area contributed by atoms with Crippen molar-refractivity contribution in [2.45, 2.75) is 11.3 Å². The van der Waals surface area contributed by atoms with Crippen molar-refractivity contribution < 1.29 is 14.0 Å². The number of carbonyl (C=O) groups is 2. The van der Waals surface area contributed by atoms with Gasteiger partial charge in [0.25, 0.3) is 0 Å². The van der Waals surface area contributed by atoms with Crippen LogP contribution in [0.25, 0.3) is 0 Å². The monoisotopic (exact) mass is 305 g/mol. The Hall–Kier alpha value is -0.940. The average Bonchev–Trinajstić information content (AvgIpc) is 2.43. The topological polar surface area (TPSA) is 46.2 Å². The number of halogens is 3. The van der Waals surface area contributed by atoms with Gasteiger partial charge in [0.1, 0.15) is 11.2 Å². The zero-order chi connectivity index (χ0) is 11.9. The van der Waals surface area contributed by atoms with E-state index in [0.717, 1.165) is 0 Å². The van der Waals surface area contributed by atoms with E-state index in [1.54, 1.807) is 0 Å². The van der Waals surface area contributed by atoms with E-state index < -0.39 is 28.9 Å². The molecule has 1 aliphatic heterocycles. The van der Waals surface area contributed by atoms with Gasteiger partial charge in [-0.1, -0.05) is 22.0 Å². The van der Waals surface area contributed by atoms with Crippen LogP contribution in [0.3, 0.4) is 0 Å². The van der Waals surface area contributed by atoms with Crippen molar-refractivity contribution in [3.05, 3.63) is 34.1 Å². The van der Waals surface area contributed by atoms with E-state index in [0.29, 0.717) is 10.0 Å². The summed E-state index contributed by atoms with van der Waals surface area (Å²) in [6.45, 7) is 0. The Bertz CT molecular complexity index is 480. The summed E-state index contributed by atoms with van der Waals surface area (Å²) in [7, 11) is 0. The molecule has 1 aromatic rings. The van der Waals surface area contributed by atoms with Crippen molar-refractivity contribution >= 4 is 39.3 Å². The lowest BCUT2D eigenvalue weighted by molar-refractivity contribution is -0.125. The fourth-order valence-corrected chi connectivity index (χ4v) is 2.51. The van der Waals surface area contributed by atoms with Gasteiger partial charge in [-0.05, 0) is 17.7 Å². The number of nitrogens with one attached hydrogen (secondary N) is 1. The van der Waals surface area contributed by atoms with Gasteiger partial charge in [0.2, 0.25) is 11.8 Å². The minimum atomic E-state index is -0.950. The molecule has 0 aromatic heterocycles. The molecule has 1 saturated heterocycles. The van der Waals surface area contributed by atoms with Crippen LogP contribution in [0.4, 0.5) is 4.39 Å². The molecule has 0 bridgehead atoms. The molecule has 1 fully saturated rings. The van der Waals surface area contributed by atoms with Gasteiger partial charge in [0, 0.05) is 4.47 Å². The van der Waals surface area contributed by atoms with Crippen LogP contribution in [0.5, 0.6) is 0 Å². The first-order valence-corrected chi connectivity index (χ1v) is 5.67. The van der Waals surface area contributed by atoms with Crippen molar-refractivity contribution in [1.29, 1.82) is 0 Å². The zero-order valence-electron chi connectivity index (χ0n) is 7.84. The highest BCUT2D eigenvalue weighted by Crippen LogP contribution is 2.33. The first kappa shape index (κ1) is 11.5. The van der Waals surface area contributed by atoms with Crippen LogP contribution in [0, 0.1) is 5.82 Å². The van der Waals surface area contributed by atoms with E-state index in [-0.39, 0.29) is 0 Å². The summed E-state index contributed by atoms with van der Waals surface area (Å²) < 4.78 is 13.3. The van der Waals surface area contributed by atoms with Crippen molar-refractivity contribution in [3.8, 4) is 0 Å². The maximum absolute atomic E-state index is 12.9. The second kappa shape index (κ2) is 4.14. The zero-order valence-corrected chi connectivity index (χ0v) is 10.2. The number of amides is 2. The van der Waals surface area contributed by atoms with Crippen molar-refractivity contribution in [2.24, 2.45) is 0 Å². The minimum absolute atomic E-state index is 0.424. The lowest BCUT2D eigenvalue weighted by atomic mass is 9.97. The lowest BCUT2D eigenvalue weighted by Gasteiger charge is -2.11. The van der Waals surface area contributed by atoms with E-state index >= 15 is 0 Å². The van der Waals surface area contributed by atoms with Gasteiger partial charge in [-0.3, -0.25) is 14.9 Å². The molecule has 2 atom stereocenters. The molecule has 0 radical (unpaired) electrons. The van der Waals surface area contributed by atoms with Gasteiger partial charge >= 0.3 is 0 Å². The standard InChI is InChI=1S/C10H6BrClFNO2/c11-6-3-4(13)1-2-5(6)7-8(12)10(16)14-9(7)15/h1-3,7-8H,(H,14,15,16). The van der Waals surface area contributed by atoms with Gasteiger partial charge in [-0.2, -0.15) is 0 Å². The van der Waals surface area contributed by atoms with Gasteiger partial charge in [-0.15, -0.1) is 11.6 Å². The second-order valence-corrected chi connectivity index (χ2v) is 4.72. The highest BCUT2D eigenvalue weighted by atomic mass is 79.9. The number of hydrogen-bond donors (Lipinski definition) is 1. The molecule has 84 valence electrons. The molecule has 6 heteroatoms. The average molecular weight is 307 g/mol. The van der Waals surface area contributed by atoms with Gasteiger partial charge in [0.05, 0.1) is 5.92 Å². The Morgan fingerprint density at radius 1 is 1.31 bits per heavy atom. The molecule has 0 saturated carbocycles. The number of carbonyl (C=O) groups excluding carboxylic acids is 2. The fraction of sp³-hybridized carbons (Fsp3) is 0.200. The van der Waals surface area contributed by atoms with Crippen LogP contribution in [0.2, 0.25) is 0 Å². The quantitative estimate of drug-likeness (QED) is 0.636. The molecule has 1 aliphatic rings. The maximum atomic E-state index is 12.9. The smallest absolute Gasteiger partial charge is 0.245 e. The number of hydrogen-bond acceptors (Lipinski definition) is 2. The number of imide groups is 1. The summed E-state index contributed by atoms with van der Waals surface area (Å²) in [5.41, 5.74) is 0.504. The third-order valence-corrected chi connectivity index (χ3v) is 3.51. The minimum Gasteiger partial charge on any atom is -0.295 e. The summed E-state index contributed by atoms with van der Waals surface area (Å²) in [5, 5.41) is 1.18. The Kier molecular flexibility index (Phi) is 2.99. The van der Waals surface area contributed by atoms with Crippen LogP contribution >= 0.6 is 27.5 Å². The molecule has 1 aromatic carbocycles. The van der Waals surface area contributed by atoms with Crippen LogP contribution < -0.4 is 5.32 Å². The Labute approximate surface area is 104 Å². The Morgan fingerprint density at radius 3 is 2.50 bits per heavy atom. The number of rotatable bonds is 1. The van der Waals surface area contributed by atoms with E-state index in [1.807, 2.05) is 0 Å². The molecule has 2 unspecified atom stereocenters. The highest BCUT2D eigenvalue weighted by Gasteiger charge is 2.42. The summed E-state index contributed by atoms with van der Waals surface area (Å²) in [5.74, 6) is -2.18. The molecular weight excluding hydrogens is 300 g/mol. The summed E-state index contributed by atoms with van der Waals surface area (Å²) in [4.78, 5) is 22.7. The van der Waals surface area contributed by atoms with E-state index in [2.05, 4.69) is 21.2 Å². The Balaban J connectivity index is 2.44. The van der Waals surface area contributed by atoms with Crippen molar-refractivity contribution in [2.75, 3.05) is 0 Å². The first-order valence-electron chi connectivity index (χ1n) is 4.44. The van der Waals surface area contributed by atoms with E-state index in [4.69, 9.17) is 11.6 Å². The van der Waals surface area contributed by atoms with Crippen LogP contribution in [-0.4, -0.2) is 17.2 Å². The van der Waals surface area contributed by atoms with Crippen molar-refractivity contribution in [1.82, 2.24) is 5.32 Å². The van der Waals surface area contributed by atoms with Gasteiger partial charge in [-0.25, -0.2) is 4.39 Å². The molecular formula is C10H6BrClFNO2. The molecule has 2 amide bonds. The number of alkyl halides is 1. The predicted octanol–water partition coefficient (Wildman–Crippen LogP) is 1.94. The molecule has 1 N–H and O–H groups in total. The lowest BCUT2D eigenvalue weighted by Crippen LogP contribution is -2.22. The van der Waals surface area contributed by atoms with Gasteiger partial charge < -0.3 is 0 Å². The molecule has 0 spiro atoms. The second-order valence-electron chi connectivity index (χ2n) is 3.40. The Morgan fingerprint density at radius 2 is 2.00 bits per heavy atom. The molecule has 16 heavy (non-hydrogen) atoms. The molecule has 3 nitrogen and oxygen atoms in total. The summed E-state index contributed by atoms with van der Waals surface area (Å²) in [6.07, 6.45) is 0. The van der Waals surface area contributed by atoms with Crippen LogP contribution in [0.1, 0.15) is 11.5 Å². The van der Waals surface area contributed by atoms with E-state index in [1.165, 1.54) is 18.2 Å². The van der Waals surface area contributed by atoms with Crippen molar-refractivity contribution in [3.63, 3.8) is 0 Å². The highest BCUT2D eigenvalue weighted by molar-refractivity contribution is 9.10. The largest absolute Gasteiger partial charge is 0.295 e. The summed E-state index contributed by atoms with van der Waals surface area (Å²) >= 11 is 8.96. The number of benzene rings is 1. The molecule has 1 heterocycles. The summed E-state index contributed by atoms with van der Waals surface area (Å²) in [6, 6.07) is 3.90. The normalized spacial score (nSPS) is 24.7. The molecule has 0 aliphatic carbocycles. The first-order chi connectivity index (χ1) is 7.50. The fourth-order valence-electron chi connectivity index (χ4n) is 1.61. The molecule has 2 rings (SSSR count). The third-order valence-electron chi connectivity index (χ3n) is 2.37. The van der Waals surface area contributed by atoms with Crippen LogP contribution in [-0.2, 0) is 9.59 Å². The predicted molar refractivity (Wildman–Crippen MR) is 59.6 cm³/mol. The van der Waals surface area contributed by atoms with E-state index in [9.17, 15) is 14.0 Å². The third kappa shape index (κ3) is 1.85. The maximum Gasteiger partial charge on any atom is 0.245 e.